The number of aryl methyl sites for hydroxylation is 1. The normalized spacial score (nSPS) is 16.5. The zero-order valence-corrected chi connectivity index (χ0v) is 12.4. The predicted octanol–water partition coefficient (Wildman–Crippen LogP) is 2.62. The lowest BCUT2D eigenvalue weighted by Gasteiger charge is -2.33. The van der Waals surface area contributed by atoms with Crippen molar-refractivity contribution in [2.75, 3.05) is 4.90 Å². The number of carboxylic acids is 1. The number of carboxylic acid groups (broad SMARTS) is 1. The number of fused-ring (bicyclic) bond motifs is 1. The molecule has 1 aliphatic rings. The highest BCUT2D eigenvalue weighted by Gasteiger charge is 2.36. The van der Waals surface area contributed by atoms with E-state index < -0.39 is 18.1 Å². The van der Waals surface area contributed by atoms with Crippen molar-refractivity contribution in [2.24, 2.45) is 0 Å². The number of nitrogens with zero attached hydrogens (tertiary/aromatic N) is 2. The standard InChI is InChI=1S/C17H16N2O4/c20-16(21)15-7-6-13-10-18-9-8-14(13)19(15)17(22)23-11-12-4-2-1-3-5-12/h1-5,8-10,15H,6-7,11H2,(H,20,21). The molecule has 1 amide bonds. The monoisotopic (exact) mass is 312 g/mol. The highest BCUT2D eigenvalue weighted by molar-refractivity contribution is 5.96. The van der Waals surface area contributed by atoms with Gasteiger partial charge in [0, 0.05) is 12.4 Å². The van der Waals surface area contributed by atoms with Crippen molar-refractivity contribution >= 4 is 17.7 Å². The van der Waals surface area contributed by atoms with E-state index in [4.69, 9.17) is 4.74 Å². The Hall–Kier alpha value is -2.89. The first-order chi connectivity index (χ1) is 11.2. The minimum atomic E-state index is -1.04. The number of anilines is 1. The van der Waals surface area contributed by atoms with Crippen molar-refractivity contribution in [3.8, 4) is 0 Å². The lowest BCUT2D eigenvalue weighted by Crippen LogP contribution is -2.48. The quantitative estimate of drug-likeness (QED) is 0.942. The Labute approximate surface area is 133 Å². The maximum Gasteiger partial charge on any atom is 0.415 e. The van der Waals surface area contributed by atoms with Gasteiger partial charge in [-0.15, -0.1) is 0 Å². The third-order valence-electron chi connectivity index (χ3n) is 3.82. The number of carbonyl (C=O) groups is 2. The summed E-state index contributed by atoms with van der Waals surface area (Å²) in [5.41, 5.74) is 2.25. The molecule has 0 bridgehead atoms. The number of ether oxygens (including phenoxy) is 1. The zero-order chi connectivity index (χ0) is 16.2. The molecule has 0 fully saturated rings. The van der Waals surface area contributed by atoms with Crippen LogP contribution in [-0.2, 0) is 22.6 Å². The van der Waals surface area contributed by atoms with Gasteiger partial charge >= 0.3 is 12.1 Å². The van der Waals surface area contributed by atoms with E-state index >= 15 is 0 Å². The van der Waals surface area contributed by atoms with E-state index in [1.165, 1.54) is 4.90 Å². The molecule has 1 N–H and O–H groups in total. The van der Waals surface area contributed by atoms with Crippen LogP contribution < -0.4 is 4.90 Å². The van der Waals surface area contributed by atoms with E-state index in [1.54, 1.807) is 18.5 Å². The van der Waals surface area contributed by atoms with Crippen LogP contribution in [0.25, 0.3) is 0 Å². The van der Waals surface area contributed by atoms with E-state index in [1.807, 2.05) is 30.3 Å². The summed E-state index contributed by atoms with van der Waals surface area (Å²) in [6.45, 7) is 0.100. The van der Waals surface area contributed by atoms with Gasteiger partial charge in [-0.2, -0.15) is 0 Å². The summed E-state index contributed by atoms with van der Waals surface area (Å²) in [6.07, 6.45) is 3.45. The van der Waals surface area contributed by atoms with Gasteiger partial charge in [0.15, 0.2) is 0 Å². The van der Waals surface area contributed by atoms with E-state index in [-0.39, 0.29) is 6.61 Å². The van der Waals surface area contributed by atoms with Gasteiger partial charge in [0.05, 0.1) is 5.69 Å². The van der Waals surface area contributed by atoms with Gasteiger partial charge in [-0.3, -0.25) is 9.88 Å². The Morgan fingerprint density at radius 1 is 1.26 bits per heavy atom. The van der Waals surface area contributed by atoms with Gasteiger partial charge < -0.3 is 9.84 Å². The Morgan fingerprint density at radius 2 is 2.04 bits per heavy atom. The molecule has 0 saturated carbocycles. The molecule has 6 heteroatoms. The van der Waals surface area contributed by atoms with Crippen LogP contribution in [0.4, 0.5) is 10.5 Å². The predicted molar refractivity (Wildman–Crippen MR) is 83.1 cm³/mol. The van der Waals surface area contributed by atoms with Gasteiger partial charge in [-0.1, -0.05) is 30.3 Å². The lowest BCUT2D eigenvalue weighted by molar-refractivity contribution is -0.138. The first kappa shape index (κ1) is 15.0. The average molecular weight is 312 g/mol. The molecule has 1 unspecified atom stereocenters. The minimum Gasteiger partial charge on any atom is -0.480 e. The zero-order valence-electron chi connectivity index (χ0n) is 12.4. The summed E-state index contributed by atoms with van der Waals surface area (Å²) in [5, 5.41) is 9.40. The fourth-order valence-corrected chi connectivity index (χ4v) is 2.69. The summed E-state index contributed by atoms with van der Waals surface area (Å²) in [7, 11) is 0. The molecule has 2 heterocycles. The summed E-state index contributed by atoms with van der Waals surface area (Å²) in [4.78, 5) is 29.2. The van der Waals surface area contributed by atoms with Crippen LogP contribution in [0.1, 0.15) is 17.5 Å². The molecule has 2 aromatic rings. The lowest BCUT2D eigenvalue weighted by atomic mass is 9.98. The molecular weight excluding hydrogens is 296 g/mol. The molecule has 3 rings (SSSR count). The van der Waals surface area contributed by atoms with E-state index in [0.29, 0.717) is 18.5 Å². The first-order valence-electron chi connectivity index (χ1n) is 7.32. The van der Waals surface area contributed by atoms with Gasteiger partial charge in [0.1, 0.15) is 12.6 Å². The average Bonchev–Trinajstić information content (AvgIpc) is 2.59. The second-order valence-electron chi connectivity index (χ2n) is 5.31. The number of aromatic nitrogens is 1. The number of carbonyl (C=O) groups excluding carboxylic acids is 1. The maximum atomic E-state index is 12.5. The van der Waals surface area contributed by atoms with E-state index in [2.05, 4.69) is 4.98 Å². The highest BCUT2D eigenvalue weighted by atomic mass is 16.6. The molecule has 6 nitrogen and oxygen atoms in total. The number of amides is 1. The number of pyridine rings is 1. The highest BCUT2D eigenvalue weighted by Crippen LogP contribution is 2.30. The smallest absolute Gasteiger partial charge is 0.415 e. The third-order valence-corrected chi connectivity index (χ3v) is 3.82. The van der Waals surface area contributed by atoms with Crippen molar-refractivity contribution in [1.82, 2.24) is 4.98 Å². The van der Waals surface area contributed by atoms with Crippen LogP contribution in [0.2, 0.25) is 0 Å². The number of hydrogen-bond acceptors (Lipinski definition) is 4. The van der Waals surface area contributed by atoms with Crippen LogP contribution in [0.15, 0.2) is 48.8 Å². The van der Waals surface area contributed by atoms with Crippen molar-refractivity contribution < 1.29 is 19.4 Å². The van der Waals surface area contributed by atoms with Crippen molar-refractivity contribution in [1.29, 1.82) is 0 Å². The Morgan fingerprint density at radius 3 is 2.78 bits per heavy atom. The molecule has 0 radical (unpaired) electrons. The summed E-state index contributed by atoms with van der Waals surface area (Å²) >= 11 is 0. The number of rotatable bonds is 3. The molecule has 1 aliphatic heterocycles. The fourth-order valence-electron chi connectivity index (χ4n) is 2.69. The molecule has 1 aromatic heterocycles. The fraction of sp³-hybridized carbons (Fsp3) is 0.235. The number of benzene rings is 1. The van der Waals surface area contributed by atoms with Crippen LogP contribution >= 0.6 is 0 Å². The van der Waals surface area contributed by atoms with Gasteiger partial charge in [0.25, 0.3) is 0 Å². The van der Waals surface area contributed by atoms with Crippen molar-refractivity contribution in [3.05, 3.63) is 59.9 Å². The molecule has 1 aromatic carbocycles. The first-order valence-corrected chi connectivity index (χ1v) is 7.32. The van der Waals surface area contributed by atoms with Crippen LogP contribution in [-0.4, -0.2) is 28.2 Å². The van der Waals surface area contributed by atoms with Crippen molar-refractivity contribution in [2.45, 2.75) is 25.5 Å². The Kier molecular flexibility index (Phi) is 4.23. The molecule has 118 valence electrons. The largest absolute Gasteiger partial charge is 0.480 e. The molecule has 0 aliphatic carbocycles. The van der Waals surface area contributed by atoms with Gasteiger partial charge in [0.2, 0.25) is 0 Å². The Balaban J connectivity index is 1.82. The van der Waals surface area contributed by atoms with Gasteiger partial charge in [-0.25, -0.2) is 9.59 Å². The summed E-state index contributed by atoms with van der Waals surface area (Å²) in [5.74, 6) is -1.04. The maximum absolute atomic E-state index is 12.5. The molecule has 0 spiro atoms. The van der Waals surface area contributed by atoms with Crippen LogP contribution in [0.3, 0.4) is 0 Å². The third kappa shape index (κ3) is 3.15. The van der Waals surface area contributed by atoms with Crippen LogP contribution in [0.5, 0.6) is 0 Å². The Bertz CT molecular complexity index is 718. The SMILES string of the molecule is O=C(O)C1CCc2cnccc2N1C(=O)OCc1ccccc1. The van der Waals surface area contributed by atoms with Gasteiger partial charge in [-0.05, 0) is 30.0 Å². The topological polar surface area (TPSA) is 79.7 Å². The minimum absolute atomic E-state index is 0.100. The van der Waals surface area contributed by atoms with E-state index in [0.717, 1.165) is 11.1 Å². The van der Waals surface area contributed by atoms with E-state index in [9.17, 15) is 14.7 Å². The molecule has 1 atom stereocenters. The second-order valence-corrected chi connectivity index (χ2v) is 5.31. The molecule has 0 saturated heterocycles. The summed E-state index contributed by atoms with van der Waals surface area (Å²) < 4.78 is 5.31. The molecular formula is C17H16N2O4. The van der Waals surface area contributed by atoms with Crippen LogP contribution in [0, 0.1) is 0 Å². The number of aliphatic carboxylic acids is 1. The van der Waals surface area contributed by atoms with Crippen molar-refractivity contribution in [3.63, 3.8) is 0 Å². The number of hydrogen-bond donors (Lipinski definition) is 1. The summed E-state index contributed by atoms with van der Waals surface area (Å²) in [6, 6.07) is 9.99. The molecule has 23 heavy (non-hydrogen) atoms. The second kappa shape index (κ2) is 6.48.